The van der Waals surface area contributed by atoms with E-state index in [-0.39, 0.29) is 29.3 Å². The molecule has 132 valence electrons. The van der Waals surface area contributed by atoms with Crippen molar-refractivity contribution in [2.45, 2.75) is 0 Å². The summed E-state index contributed by atoms with van der Waals surface area (Å²) >= 11 is 4.71. The van der Waals surface area contributed by atoms with Crippen LogP contribution in [-0.2, 0) is 4.79 Å². The molecule has 0 fully saturated rings. The summed E-state index contributed by atoms with van der Waals surface area (Å²) in [6.45, 7) is 0.585. The minimum atomic E-state index is -0.755. The molecule has 0 saturated carbocycles. The standard InChI is InChI=1S/C16H10BrN3O5S/c17-15-4-9(8-26-15)3-10(7-18)16(21)19-11-5-13-14(25-2-1-24-13)6-12(11)20(22)23/h3-6,8H,1-2H2,(H,19,21)/b10-3+. The number of nitrogens with one attached hydrogen (secondary N) is 1. The van der Waals surface area contributed by atoms with Crippen LogP contribution < -0.4 is 14.8 Å². The van der Waals surface area contributed by atoms with Gasteiger partial charge >= 0.3 is 0 Å². The van der Waals surface area contributed by atoms with Gasteiger partial charge in [-0.25, -0.2) is 0 Å². The molecule has 0 bridgehead atoms. The number of nitriles is 1. The number of nitro groups is 1. The van der Waals surface area contributed by atoms with E-state index < -0.39 is 10.8 Å². The van der Waals surface area contributed by atoms with Gasteiger partial charge < -0.3 is 14.8 Å². The Balaban J connectivity index is 1.91. The average Bonchev–Trinajstić information content (AvgIpc) is 3.03. The van der Waals surface area contributed by atoms with E-state index in [4.69, 9.17) is 9.47 Å². The average molecular weight is 436 g/mol. The first-order chi connectivity index (χ1) is 12.5. The fourth-order valence-electron chi connectivity index (χ4n) is 2.23. The number of nitro benzene ring substituents is 1. The zero-order valence-corrected chi connectivity index (χ0v) is 15.4. The van der Waals surface area contributed by atoms with Crippen molar-refractivity contribution in [3.05, 3.63) is 48.6 Å². The normalized spacial score (nSPS) is 13.0. The molecule has 0 spiro atoms. The third kappa shape index (κ3) is 3.84. The van der Waals surface area contributed by atoms with Crippen LogP contribution in [-0.4, -0.2) is 24.0 Å². The quantitative estimate of drug-likeness (QED) is 0.338. The Kier molecular flexibility index (Phi) is 5.20. The summed E-state index contributed by atoms with van der Waals surface area (Å²) in [7, 11) is 0. The van der Waals surface area contributed by atoms with E-state index in [9.17, 15) is 20.2 Å². The Morgan fingerprint density at radius 2 is 2.04 bits per heavy atom. The molecule has 2 heterocycles. The maximum Gasteiger partial charge on any atom is 0.296 e. The molecule has 1 aliphatic rings. The van der Waals surface area contributed by atoms with E-state index in [1.165, 1.54) is 29.5 Å². The molecule has 1 N–H and O–H groups in total. The summed E-state index contributed by atoms with van der Waals surface area (Å²) in [5.74, 6) is -0.226. The minimum Gasteiger partial charge on any atom is -0.486 e. The van der Waals surface area contributed by atoms with Gasteiger partial charge in [0.2, 0.25) is 0 Å². The highest BCUT2D eigenvalue weighted by Gasteiger charge is 2.24. The first kappa shape index (κ1) is 17.9. The molecular formula is C16H10BrN3O5S. The van der Waals surface area contributed by atoms with Crippen molar-refractivity contribution in [3.8, 4) is 17.6 Å². The fraction of sp³-hybridized carbons (Fsp3) is 0.125. The van der Waals surface area contributed by atoms with Gasteiger partial charge in [0, 0.05) is 6.07 Å². The van der Waals surface area contributed by atoms with E-state index in [0.29, 0.717) is 17.9 Å². The highest BCUT2D eigenvalue weighted by atomic mass is 79.9. The maximum absolute atomic E-state index is 12.4. The Labute approximate surface area is 159 Å². The molecule has 1 amide bonds. The van der Waals surface area contributed by atoms with Crippen LogP contribution in [0.2, 0.25) is 0 Å². The molecule has 0 unspecified atom stereocenters. The number of carbonyl (C=O) groups is 1. The fourth-order valence-corrected chi connectivity index (χ4v) is 3.37. The molecule has 3 rings (SSSR count). The lowest BCUT2D eigenvalue weighted by Crippen LogP contribution is -2.18. The van der Waals surface area contributed by atoms with Crippen LogP contribution in [0, 0.1) is 21.4 Å². The lowest BCUT2D eigenvalue weighted by Gasteiger charge is -2.19. The van der Waals surface area contributed by atoms with E-state index in [1.807, 2.05) is 0 Å². The van der Waals surface area contributed by atoms with E-state index in [2.05, 4.69) is 21.2 Å². The first-order valence-corrected chi connectivity index (χ1v) is 8.90. The number of hydrogen-bond acceptors (Lipinski definition) is 7. The van der Waals surface area contributed by atoms with Gasteiger partial charge in [0.25, 0.3) is 11.6 Å². The molecule has 0 saturated heterocycles. The second-order valence-corrected chi connectivity index (χ2v) is 7.37. The number of rotatable bonds is 4. The predicted octanol–water partition coefficient (Wildman–Crippen LogP) is 3.74. The van der Waals surface area contributed by atoms with Gasteiger partial charge in [0.15, 0.2) is 11.5 Å². The number of carbonyl (C=O) groups excluding carboxylic acids is 1. The molecule has 0 aliphatic carbocycles. The molecule has 1 aliphatic heterocycles. The van der Waals surface area contributed by atoms with Gasteiger partial charge in [-0.2, -0.15) is 5.26 Å². The number of nitrogens with zero attached hydrogens (tertiary/aromatic N) is 2. The molecule has 26 heavy (non-hydrogen) atoms. The topological polar surface area (TPSA) is 114 Å². The van der Waals surface area contributed by atoms with Crippen molar-refractivity contribution >= 4 is 50.6 Å². The number of halogens is 1. The van der Waals surface area contributed by atoms with Crippen molar-refractivity contribution in [3.63, 3.8) is 0 Å². The summed E-state index contributed by atoms with van der Waals surface area (Å²) in [5, 5.41) is 24.7. The number of hydrogen-bond donors (Lipinski definition) is 1. The van der Waals surface area contributed by atoms with E-state index >= 15 is 0 Å². The summed E-state index contributed by atoms with van der Waals surface area (Å²) in [6, 6.07) is 6.07. The smallest absolute Gasteiger partial charge is 0.296 e. The summed E-state index contributed by atoms with van der Waals surface area (Å²) in [6.07, 6.45) is 1.40. The van der Waals surface area contributed by atoms with Crippen LogP contribution in [0.3, 0.4) is 0 Å². The van der Waals surface area contributed by atoms with Gasteiger partial charge in [-0.05, 0) is 39.0 Å². The summed E-state index contributed by atoms with van der Waals surface area (Å²) in [4.78, 5) is 23.1. The first-order valence-electron chi connectivity index (χ1n) is 7.23. The second kappa shape index (κ2) is 7.55. The largest absolute Gasteiger partial charge is 0.486 e. The van der Waals surface area contributed by atoms with Gasteiger partial charge in [-0.3, -0.25) is 14.9 Å². The van der Waals surface area contributed by atoms with Crippen molar-refractivity contribution < 1.29 is 19.2 Å². The second-order valence-electron chi connectivity index (χ2n) is 5.08. The third-order valence-electron chi connectivity index (χ3n) is 3.37. The molecule has 10 heteroatoms. The van der Waals surface area contributed by atoms with Crippen molar-refractivity contribution in [1.82, 2.24) is 0 Å². The number of thiophene rings is 1. The number of amides is 1. The van der Waals surface area contributed by atoms with E-state index in [1.54, 1.807) is 17.5 Å². The SMILES string of the molecule is N#C/C(=C\c1csc(Br)c1)C(=O)Nc1cc2c(cc1[N+](=O)[O-])OCCO2. The van der Waals surface area contributed by atoms with Gasteiger partial charge in [-0.1, -0.05) is 0 Å². The predicted molar refractivity (Wildman–Crippen MR) is 98.3 cm³/mol. The molecule has 2 aromatic rings. The molecule has 8 nitrogen and oxygen atoms in total. The number of ether oxygens (including phenoxy) is 2. The third-order valence-corrected chi connectivity index (χ3v) is 4.89. The Bertz CT molecular complexity index is 963. The highest BCUT2D eigenvalue weighted by molar-refractivity contribution is 9.11. The van der Waals surface area contributed by atoms with Crippen LogP contribution in [0.1, 0.15) is 5.56 Å². The maximum atomic E-state index is 12.4. The van der Waals surface area contributed by atoms with Gasteiger partial charge in [-0.15, -0.1) is 11.3 Å². The van der Waals surface area contributed by atoms with Gasteiger partial charge in [0.05, 0.1) is 14.8 Å². The van der Waals surface area contributed by atoms with Crippen LogP contribution in [0.5, 0.6) is 11.5 Å². The Morgan fingerprint density at radius 1 is 1.35 bits per heavy atom. The lowest BCUT2D eigenvalue weighted by atomic mass is 10.1. The molecule has 1 aromatic carbocycles. The zero-order chi connectivity index (χ0) is 18.7. The molecule has 0 radical (unpaired) electrons. The zero-order valence-electron chi connectivity index (χ0n) is 13.0. The number of anilines is 1. The summed E-state index contributed by atoms with van der Waals surface area (Å²) in [5.41, 5.74) is 0.0693. The minimum absolute atomic E-state index is 0.0723. The number of benzene rings is 1. The van der Waals surface area contributed by atoms with Crippen LogP contribution in [0.25, 0.3) is 6.08 Å². The van der Waals surface area contributed by atoms with Crippen LogP contribution in [0.15, 0.2) is 32.9 Å². The van der Waals surface area contributed by atoms with Crippen molar-refractivity contribution in [2.75, 3.05) is 18.5 Å². The molecule has 1 aromatic heterocycles. The molecule has 0 atom stereocenters. The van der Waals surface area contributed by atoms with Crippen molar-refractivity contribution in [1.29, 1.82) is 5.26 Å². The van der Waals surface area contributed by atoms with E-state index in [0.717, 1.165) is 3.79 Å². The van der Waals surface area contributed by atoms with Crippen LogP contribution >= 0.6 is 27.3 Å². The van der Waals surface area contributed by atoms with Crippen LogP contribution in [0.4, 0.5) is 11.4 Å². The monoisotopic (exact) mass is 435 g/mol. The molecular weight excluding hydrogens is 426 g/mol. The Hall–Kier alpha value is -2.90. The van der Waals surface area contributed by atoms with Crippen molar-refractivity contribution in [2.24, 2.45) is 0 Å². The highest BCUT2D eigenvalue weighted by Crippen LogP contribution is 2.39. The lowest BCUT2D eigenvalue weighted by molar-refractivity contribution is -0.384. The Morgan fingerprint density at radius 3 is 2.62 bits per heavy atom. The summed E-state index contributed by atoms with van der Waals surface area (Å²) < 4.78 is 11.5. The van der Waals surface area contributed by atoms with Gasteiger partial charge in [0.1, 0.15) is 30.5 Å². The number of fused-ring (bicyclic) bond motifs is 1.